The van der Waals surface area contributed by atoms with Crippen molar-refractivity contribution in [2.45, 2.75) is 38.0 Å². The number of aryl methyl sites for hydroxylation is 1. The number of rotatable bonds is 8. The summed E-state index contributed by atoms with van der Waals surface area (Å²) in [5, 5.41) is 2.60. The topological polar surface area (TPSA) is 138 Å². The molecule has 0 aliphatic heterocycles. The van der Waals surface area contributed by atoms with Gasteiger partial charge in [0, 0.05) is 17.6 Å². The number of aromatic nitrogens is 2. The fourth-order valence-corrected chi connectivity index (χ4v) is 5.06. The summed E-state index contributed by atoms with van der Waals surface area (Å²) in [4.78, 5) is 20.5. The summed E-state index contributed by atoms with van der Waals surface area (Å²) < 4.78 is 53.3. The molecule has 3 aromatic rings. The van der Waals surface area contributed by atoms with Crippen molar-refractivity contribution in [1.29, 1.82) is 0 Å². The first kappa shape index (κ1) is 27.1. The van der Waals surface area contributed by atoms with Crippen molar-refractivity contribution < 1.29 is 21.6 Å². The molecule has 10 nitrogen and oxygen atoms in total. The second-order valence-corrected chi connectivity index (χ2v) is 12.9. The molecule has 2 N–H and O–H groups in total. The van der Waals surface area contributed by atoms with Gasteiger partial charge in [0.05, 0.1) is 16.8 Å². The molecule has 1 heterocycles. The molecule has 0 bridgehead atoms. The fourth-order valence-electron chi connectivity index (χ4n) is 3.25. The molecule has 0 saturated carbocycles. The van der Waals surface area contributed by atoms with Gasteiger partial charge in [-0.25, -0.2) is 31.5 Å². The van der Waals surface area contributed by atoms with Gasteiger partial charge in [-0.3, -0.25) is 9.10 Å². The molecule has 2 aromatic carbocycles. The molecule has 192 valence electrons. The number of nitrogens with one attached hydrogen (secondary N) is 2. The van der Waals surface area contributed by atoms with Crippen LogP contribution >= 0.6 is 0 Å². The summed E-state index contributed by atoms with van der Waals surface area (Å²) in [7, 11) is -7.68. The van der Waals surface area contributed by atoms with E-state index in [0.717, 1.165) is 16.1 Å². The van der Waals surface area contributed by atoms with Crippen molar-refractivity contribution in [3.63, 3.8) is 0 Å². The van der Waals surface area contributed by atoms with Crippen LogP contribution in [0.1, 0.15) is 32.0 Å². The van der Waals surface area contributed by atoms with Crippen LogP contribution in [-0.4, -0.2) is 45.5 Å². The third-order valence-electron chi connectivity index (χ3n) is 5.18. The maximum atomic E-state index is 12.7. The van der Waals surface area contributed by atoms with E-state index in [1.165, 1.54) is 30.5 Å². The summed E-state index contributed by atoms with van der Waals surface area (Å²) in [6.07, 6.45) is 2.47. The number of hydrogen-bond acceptors (Lipinski definition) is 7. The standard InChI is InChI=1S/C24H29N5O5S2/c1-17-14-15-25-23(26-17)28-36(33,34)21-12-8-19(9-13-21)27-22(30)16-29(35(5,31)32)20-10-6-18(7-11-20)24(2,3)4/h6-15H,16H2,1-5H3,(H,27,30)(H,25,26,28). The molecule has 0 saturated heterocycles. The van der Waals surface area contributed by atoms with Gasteiger partial charge >= 0.3 is 0 Å². The highest BCUT2D eigenvalue weighted by molar-refractivity contribution is 7.92. The van der Waals surface area contributed by atoms with Crippen molar-refractivity contribution in [2.75, 3.05) is 27.1 Å². The van der Waals surface area contributed by atoms with E-state index in [9.17, 15) is 21.6 Å². The summed E-state index contributed by atoms with van der Waals surface area (Å²) in [6, 6.07) is 14.1. The Morgan fingerprint density at radius 2 is 1.56 bits per heavy atom. The summed E-state index contributed by atoms with van der Waals surface area (Å²) in [6.45, 7) is 7.41. The van der Waals surface area contributed by atoms with Crippen LogP contribution in [0.5, 0.6) is 0 Å². The lowest BCUT2D eigenvalue weighted by Crippen LogP contribution is -2.37. The van der Waals surface area contributed by atoms with Gasteiger partial charge in [0.2, 0.25) is 21.9 Å². The SMILES string of the molecule is Cc1ccnc(NS(=O)(=O)c2ccc(NC(=O)CN(c3ccc(C(C)(C)C)cc3)S(C)(=O)=O)cc2)n1. The van der Waals surface area contributed by atoms with Gasteiger partial charge in [0.1, 0.15) is 6.54 Å². The van der Waals surface area contributed by atoms with Gasteiger partial charge in [-0.05, 0) is 60.4 Å². The van der Waals surface area contributed by atoms with Crippen molar-refractivity contribution in [3.05, 3.63) is 72.1 Å². The number of carbonyl (C=O) groups is 1. The highest BCUT2D eigenvalue weighted by Gasteiger charge is 2.22. The third kappa shape index (κ3) is 7.01. The van der Waals surface area contributed by atoms with Crippen LogP contribution < -0.4 is 14.3 Å². The second-order valence-electron chi connectivity index (χ2n) is 9.27. The van der Waals surface area contributed by atoms with Gasteiger partial charge in [-0.15, -0.1) is 0 Å². The van der Waals surface area contributed by atoms with E-state index in [0.29, 0.717) is 17.1 Å². The normalized spacial score (nSPS) is 12.1. The lowest BCUT2D eigenvalue weighted by atomic mass is 9.87. The summed E-state index contributed by atoms with van der Waals surface area (Å²) in [5.74, 6) is -0.633. The number of amides is 1. The van der Waals surface area contributed by atoms with Gasteiger partial charge in [-0.2, -0.15) is 0 Å². The van der Waals surface area contributed by atoms with Gasteiger partial charge < -0.3 is 5.32 Å². The lowest BCUT2D eigenvalue weighted by molar-refractivity contribution is -0.114. The molecule has 0 radical (unpaired) electrons. The molecule has 0 spiro atoms. The van der Waals surface area contributed by atoms with Crippen LogP contribution in [0.25, 0.3) is 0 Å². The molecule has 1 amide bonds. The van der Waals surface area contributed by atoms with Gasteiger partial charge in [0.15, 0.2) is 0 Å². The number of sulfonamides is 2. The maximum absolute atomic E-state index is 12.7. The molecule has 0 aliphatic carbocycles. The Morgan fingerprint density at radius 1 is 0.944 bits per heavy atom. The number of hydrogen-bond donors (Lipinski definition) is 2. The Morgan fingerprint density at radius 3 is 2.08 bits per heavy atom. The first-order chi connectivity index (χ1) is 16.6. The molecular weight excluding hydrogens is 502 g/mol. The van der Waals surface area contributed by atoms with Crippen molar-refractivity contribution in [3.8, 4) is 0 Å². The Kier molecular flexibility index (Phi) is 7.70. The lowest BCUT2D eigenvalue weighted by Gasteiger charge is -2.24. The Hall–Kier alpha value is -3.51. The molecule has 36 heavy (non-hydrogen) atoms. The van der Waals surface area contributed by atoms with E-state index in [1.54, 1.807) is 25.1 Å². The zero-order valence-corrected chi connectivity index (χ0v) is 22.3. The minimum Gasteiger partial charge on any atom is -0.325 e. The van der Waals surface area contributed by atoms with Crippen LogP contribution in [0.2, 0.25) is 0 Å². The van der Waals surface area contributed by atoms with Crippen molar-refractivity contribution in [2.24, 2.45) is 0 Å². The fraction of sp³-hybridized carbons (Fsp3) is 0.292. The van der Waals surface area contributed by atoms with Crippen molar-refractivity contribution in [1.82, 2.24) is 9.97 Å². The third-order valence-corrected chi connectivity index (χ3v) is 7.66. The first-order valence-electron chi connectivity index (χ1n) is 11.0. The minimum absolute atomic E-state index is 0.0521. The van der Waals surface area contributed by atoms with Crippen LogP contribution in [0.15, 0.2) is 65.7 Å². The van der Waals surface area contributed by atoms with E-state index < -0.39 is 32.5 Å². The minimum atomic E-state index is -3.94. The second kappa shape index (κ2) is 10.2. The predicted octanol–water partition coefficient (Wildman–Crippen LogP) is 3.29. The quantitative estimate of drug-likeness (QED) is 0.455. The average Bonchev–Trinajstić information content (AvgIpc) is 2.76. The number of carbonyl (C=O) groups excluding carboxylic acids is 1. The van der Waals surface area contributed by atoms with Gasteiger partial charge in [0.25, 0.3) is 10.0 Å². The Bertz CT molecular complexity index is 1450. The largest absolute Gasteiger partial charge is 0.325 e. The van der Waals surface area contributed by atoms with Crippen LogP contribution in [-0.2, 0) is 30.3 Å². The zero-order chi connectivity index (χ0) is 26.7. The predicted molar refractivity (Wildman–Crippen MR) is 140 cm³/mol. The first-order valence-corrected chi connectivity index (χ1v) is 14.3. The molecule has 0 atom stereocenters. The van der Waals surface area contributed by atoms with E-state index in [1.807, 2.05) is 32.9 Å². The Balaban J connectivity index is 1.71. The molecule has 12 heteroatoms. The van der Waals surface area contributed by atoms with E-state index >= 15 is 0 Å². The molecule has 0 aliphatic rings. The molecule has 0 unspecified atom stereocenters. The van der Waals surface area contributed by atoms with Gasteiger partial charge in [-0.1, -0.05) is 32.9 Å². The highest BCUT2D eigenvalue weighted by Crippen LogP contribution is 2.26. The van der Waals surface area contributed by atoms with E-state index in [4.69, 9.17) is 0 Å². The highest BCUT2D eigenvalue weighted by atomic mass is 32.2. The summed E-state index contributed by atoms with van der Waals surface area (Å²) in [5.41, 5.74) is 2.21. The molecule has 0 fully saturated rings. The molecular formula is C24H29N5O5S2. The van der Waals surface area contributed by atoms with Crippen molar-refractivity contribution >= 4 is 43.3 Å². The van der Waals surface area contributed by atoms with E-state index in [-0.39, 0.29) is 16.3 Å². The molecule has 1 aromatic heterocycles. The van der Waals surface area contributed by atoms with Crippen LogP contribution in [0, 0.1) is 6.92 Å². The van der Waals surface area contributed by atoms with Crippen LogP contribution in [0.4, 0.5) is 17.3 Å². The number of nitrogens with zero attached hydrogens (tertiary/aromatic N) is 3. The summed E-state index contributed by atoms with van der Waals surface area (Å²) >= 11 is 0. The Labute approximate surface area is 211 Å². The zero-order valence-electron chi connectivity index (χ0n) is 20.7. The molecule has 3 rings (SSSR count). The van der Waals surface area contributed by atoms with Crippen LogP contribution in [0.3, 0.4) is 0 Å². The van der Waals surface area contributed by atoms with E-state index in [2.05, 4.69) is 20.0 Å². The monoisotopic (exact) mass is 531 g/mol. The maximum Gasteiger partial charge on any atom is 0.264 e. The average molecular weight is 532 g/mol. The smallest absolute Gasteiger partial charge is 0.264 e. The number of benzene rings is 2. The number of anilines is 3.